The minimum atomic E-state index is 0. The molecule has 0 spiro atoms. The molecule has 2 heteroatoms. The standard InChI is InChI=1S/C17H24N2.H2/c1-12-5-9-16-10-8-15(7-6-13(2)18)11-17(16)19(4)14(12)3;/h8,10-12H,2-3,5-7,9,18H2,1,4H3;1H. The molecule has 2 N–H and O–H groups in total. The van der Waals surface area contributed by atoms with Gasteiger partial charge in [0.05, 0.1) is 0 Å². The van der Waals surface area contributed by atoms with Crippen molar-refractivity contribution in [3.63, 3.8) is 0 Å². The summed E-state index contributed by atoms with van der Waals surface area (Å²) in [5.41, 5.74) is 11.6. The van der Waals surface area contributed by atoms with E-state index in [9.17, 15) is 0 Å². The number of rotatable bonds is 3. The Bertz CT molecular complexity index is 508. The SMILES string of the molecule is C=C(N)CCc1ccc2c(c1)N(C)C(=C)C(C)CC2.[HH]. The van der Waals surface area contributed by atoms with Crippen molar-refractivity contribution in [3.05, 3.63) is 53.9 Å². The summed E-state index contributed by atoms with van der Waals surface area (Å²) in [6, 6.07) is 6.75. The van der Waals surface area contributed by atoms with Crippen LogP contribution in [0.3, 0.4) is 0 Å². The van der Waals surface area contributed by atoms with E-state index in [1.54, 1.807) is 0 Å². The van der Waals surface area contributed by atoms with Gasteiger partial charge in [-0.15, -0.1) is 0 Å². The maximum Gasteiger partial charge on any atom is 0.0440 e. The highest BCUT2D eigenvalue weighted by atomic mass is 15.1. The van der Waals surface area contributed by atoms with E-state index in [-0.39, 0.29) is 1.43 Å². The maximum absolute atomic E-state index is 5.65. The number of nitrogens with two attached hydrogens (primary N) is 1. The third-order valence-corrected chi connectivity index (χ3v) is 4.09. The average Bonchev–Trinajstić information content (AvgIpc) is 2.49. The normalized spacial score (nSPS) is 18.9. The van der Waals surface area contributed by atoms with E-state index >= 15 is 0 Å². The lowest BCUT2D eigenvalue weighted by molar-refractivity contribution is 0.615. The zero-order chi connectivity index (χ0) is 14.0. The number of benzene rings is 1. The van der Waals surface area contributed by atoms with Crippen LogP contribution in [0.25, 0.3) is 0 Å². The molecule has 0 aromatic heterocycles. The van der Waals surface area contributed by atoms with Crippen molar-refractivity contribution < 1.29 is 1.43 Å². The van der Waals surface area contributed by atoms with Crippen molar-refractivity contribution >= 4 is 5.69 Å². The number of anilines is 1. The first kappa shape index (κ1) is 13.7. The quantitative estimate of drug-likeness (QED) is 0.891. The second-order valence-corrected chi connectivity index (χ2v) is 5.61. The zero-order valence-corrected chi connectivity index (χ0v) is 12.1. The van der Waals surface area contributed by atoms with Crippen LogP contribution >= 0.6 is 0 Å². The van der Waals surface area contributed by atoms with Gasteiger partial charge in [0, 0.05) is 25.6 Å². The molecule has 0 amide bonds. The van der Waals surface area contributed by atoms with Gasteiger partial charge in [0.1, 0.15) is 0 Å². The molecule has 0 fully saturated rings. The summed E-state index contributed by atoms with van der Waals surface area (Å²) >= 11 is 0. The highest BCUT2D eigenvalue weighted by molar-refractivity contribution is 5.60. The predicted molar refractivity (Wildman–Crippen MR) is 85.2 cm³/mol. The van der Waals surface area contributed by atoms with E-state index in [2.05, 4.69) is 50.2 Å². The van der Waals surface area contributed by atoms with E-state index in [0.717, 1.165) is 25.0 Å². The first-order valence-corrected chi connectivity index (χ1v) is 6.96. The van der Waals surface area contributed by atoms with Crippen LogP contribution in [0.1, 0.15) is 32.3 Å². The van der Waals surface area contributed by atoms with Gasteiger partial charge in [-0.05, 0) is 48.8 Å². The third kappa shape index (κ3) is 3.01. The highest BCUT2D eigenvalue weighted by Gasteiger charge is 2.20. The summed E-state index contributed by atoms with van der Waals surface area (Å²) in [5, 5.41) is 0. The van der Waals surface area contributed by atoms with Crippen molar-refractivity contribution in [1.82, 2.24) is 0 Å². The Morgan fingerprint density at radius 2 is 2.26 bits per heavy atom. The van der Waals surface area contributed by atoms with Crippen molar-refractivity contribution in [3.8, 4) is 0 Å². The molecule has 2 nitrogen and oxygen atoms in total. The van der Waals surface area contributed by atoms with Gasteiger partial charge in [0.2, 0.25) is 0 Å². The van der Waals surface area contributed by atoms with Gasteiger partial charge in [0.25, 0.3) is 0 Å². The maximum atomic E-state index is 5.65. The van der Waals surface area contributed by atoms with Crippen molar-refractivity contribution in [1.29, 1.82) is 0 Å². The van der Waals surface area contributed by atoms with Crippen LogP contribution in [0.15, 0.2) is 42.8 Å². The van der Waals surface area contributed by atoms with Crippen LogP contribution in [0.5, 0.6) is 0 Å². The number of allylic oxidation sites excluding steroid dienone is 2. The number of nitrogens with zero attached hydrogens (tertiary/aromatic N) is 1. The van der Waals surface area contributed by atoms with Gasteiger partial charge in [0.15, 0.2) is 0 Å². The molecular formula is C17H26N2. The fourth-order valence-corrected chi connectivity index (χ4v) is 2.62. The fourth-order valence-electron chi connectivity index (χ4n) is 2.62. The van der Waals surface area contributed by atoms with Gasteiger partial charge in [-0.25, -0.2) is 0 Å². The molecular weight excluding hydrogens is 232 g/mol. The molecule has 1 aromatic carbocycles. The molecule has 1 heterocycles. The van der Waals surface area contributed by atoms with E-state index in [4.69, 9.17) is 5.73 Å². The molecule has 1 aliphatic rings. The topological polar surface area (TPSA) is 29.3 Å². The minimum Gasteiger partial charge on any atom is -0.403 e. The van der Waals surface area contributed by atoms with Crippen molar-refractivity contribution in [2.75, 3.05) is 11.9 Å². The summed E-state index contributed by atoms with van der Waals surface area (Å²) in [5.74, 6) is 0.546. The Hall–Kier alpha value is -1.70. The number of aryl methyl sites for hydroxylation is 2. The van der Waals surface area contributed by atoms with Gasteiger partial charge in [-0.1, -0.05) is 32.2 Å². The Kier molecular flexibility index (Phi) is 3.98. The minimum absolute atomic E-state index is 0. The molecule has 2 rings (SSSR count). The molecule has 0 bridgehead atoms. The highest BCUT2D eigenvalue weighted by Crippen LogP contribution is 2.33. The van der Waals surface area contributed by atoms with Gasteiger partial charge < -0.3 is 10.6 Å². The predicted octanol–water partition coefficient (Wildman–Crippen LogP) is 3.87. The average molecular weight is 258 g/mol. The molecule has 1 atom stereocenters. The van der Waals surface area contributed by atoms with Gasteiger partial charge in [-0.2, -0.15) is 0 Å². The van der Waals surface area contributed by atoms with E-state index in [1.165, 1.54) is 28.9 Å². The molecule has 1 aliphatic heterocycles. The number of hydrogen-bond acceptors (Lipinski definition) is 2. The Morgan fingerprint density at radius 3 is 2.95 bits per heavy atom. The number of hydrogen-bond donors (Lipinski definition) is 1. The summed E-state index contributed by atoms with van der Waals surface area (Å²) in [6.45, 7) is 10.2. The first-order chi connectivity index (χ1) is 8.99. The van der Waals surface area contributed by atoms with Crippen LogP contribution in [-0.2, 0) is 12.8 Å². The Morgan fingerprint density at radius 1 is 1.53 bits per heavy atom. The van der Waals surface area contributed by atoms with Crippen LogP contribution in [0.4, 0.5) is 5.69 Å². The molecule has 19 heavy (non-hydrogen) atoms. The molecule has 1 unspecified atom stereocenters. The lowest BCUT2D eigenvalue weighted by Crippen LogP contribution is -2.19. The molecule has 104 valence electrons. The second kappa shape index (κ2) is 5.52. The smallest absolute Gasteiger partial charge is 0.0440 e. The summed E-state index contributed by atoms with van der Waals surface area (Å²) in [4.78, 5) is 2.24. The van der Waals surface area contributed by atoms with Crippen molar-refractivity contribution in [2.45, 2.75) is 32.6 Å². The fraction of sp³-hybridized carbons (Fsp3) is 0.412. The van der Waals surface area contributed by atoms with E-state index < -0.39 is 0 Å². The molecule has 0 saturated carbocycles. The first-order valence-electron chi connectivity index (χ1n) is 6.96. The summed E-state index contributed by atoms with van der Waals surface area (Å²) < 4.78 is 0. The van der Waals surface area contributed by atoms with Crippen LogP contribution in [-0.4, -0.2) is 7.05 Å². The lowest BCUT2D eigenvalue weighted by Gasteiger charge is -2.25. The Balaban J connectivity index is 0.00000200. The molecule has 0 saturated heterocycles. The molecule has 0 radical (unpaired) electrons. The van der Waals surface area contributed by atoms with Gasteiger partial charge >= 0.3 is 0 Å². The van der Waals surface area contributed by atoms with Crippen LogP contribution < -0.4 is 10.6 Å². The van der Waals surface area contributed by atoms with Gasteiger partial charge in [-0.3, -0.25) is 0 Å². The van der Waals surface area contributed by atoms with Crippen LogP contribution in [0, 0.1) is 5.92 Å². The van der Waals surface area contributed by atoms with Crippen molar-refractivity contribution in [2.24, 2.45) is 11.7 Å². The zero-order valence-electron chi connectivity index (χ0n) is 12.1. The van der Waals surface area contributed by atoms with E-state index in [0.29, 0.717) is 5.92 Å². The third-order valence-electron chi connectivity index (χ3n) is 4.09. The molecule has 1 aromatic rings. The monoisotopic (exact) mass is 258 g/mol. The Labute approximate surface area is 118 Å². The van der Waals surface area contributed by atoms with Crippen LogP contribution in [0.2, 0.25) is 0 Å². The summed E-state index contributed by atoms with van der Waals surface area (Å²) in [7, 11) is 2.12. The second-order valence-electron chi connectivity index (χ2n) is 5.61. The van der Waals surface area contributed by atoms with E-state index in [1.807, 2.05) is 0 Å². The molecule has 0 aliphatic carbocycles. The number of fused-ring (bicyclic) bond motifs is 1. The summed E-state index contributed by atoms with van der Waals surface area (Å²) in [6.07, 6.45) is 4.11. The largest absolute Gasteiger partial charge is 0.403 e. The lowest BCUT2D eigenvalue weighted by atomic mass is 9.99.